The molecule has 2 rings (SSSR count). The Morgan fingerprint density at radius 2 is 1.95 bits per heavy atom. The maximum Gasteiger partial charge on any atom is 0.313 e. The number of primary amides is 1. The third-order valence-corrected chi connectivity index (χ3v) is 3.55. The van der Waals surface area contributed by atoms with Gasteiger partial charge in [-0.05, 0) is 38.8 Å². The van der Waals surface area contributed by atoms with E-state index < -0.39 is 5.41 Å². The molecular weight excluding hydrogens is 268 g/mol. The van der Waals surface area contributed by atoms with Crippen LogP contribution in [0.15, 0.2) is 30.3 Å². The molecule has 0 spiro atoms. The van der Waals surface area contributed by atoms with Crippen molar-refractivity contribution in [2.45, 2.75) is 26.7 Å². The van der Waals surface area contributed by atoms with Crippen molar-refractivity contribution < 1.29 is 14.3 Å². The van der Waals surface area contributed by atoms with E-state index in [1.807, 2.05) is 6.07 Å². The van der Waals surface area contributed by atoms with Crippen LogP contribution in [0.4, 0.5) is 0 Å². The summed E-state index contributed by atoms with van der Waals surface area (Å²) in [6, 6.07) is 10.9. The second-order valence-electron chi connectivity index (χ2n) is 4.96. The van der Waals surface area contributed by atoms with Crippen LogP contribution < -0.4 is 5.73 Å². The van der Waals surface area contributed by atoms with Gasteiger partial charge in [-0.1, -0.05) is 18.2 Å². The average molecular weight is 288 g/mol. The Labute approximate surface area is 124 Å². The molecule has 1 aliphatic carbocycles. The molecule has 1 aromatic rings. The molecule has 5 heteroatoms. The lowest BCUT2D eigenvalue weighted by molar-refractivity contribution is -0.151. The number of benzene rings is 1. The number of nitrogens with zero attached hydrogens (tertiary/aromatic N) is 1. The Morgan fingerprint density at radius 3 is 2.29 bits per heavy atom. The number of esters is 1. The van der Waals surface area contributed by atoms with Gasteiger partial charge >= 0.3 is 5.97 Å². The highest BCUT2D eigenvalue weighted by atomic mass is 16.5. The van der Waals surface area contributed by atoms with Gasteiger partial charge in [0.25, 0.3) is 0 Å². The van der Waals surface area contributed by atoms with E-state index >= 15 is 0 Å². The largest absolute Gasteiger partial charge is 0.466 e. The molecule has 1 amide bonds. The van der Waals surface area contributed by atoms with E-state index in [2.05, 4.69) is 6.07 Å². The van der Waals surface area contributed by atoms with Crippen molar-refractivity contribution in [3.05, 3.63) is 35.9 Å². The number of carbonyl (C=O) groups excluding carboxylic acids is 2. The van der Waals surface area contributed by atoms with Crippen LogP contribution in [0.5, 0.6) is 0 Å². The number of nitriles is 1. The van der Waals surface area contributed by atoms with Crippen molar-refractivity contribution in [2.75, 3.05) is 6.61 Å². The van der Waals surface area contributed by atoms with Gasteiger partial charge in [0.2, 0.25) is 5.91 Å². The first-order valence-corrected chi connectivity index (χ1v) is 6.89. The third kappa shape index (κ3) is 4.32. The van der Waals surface area contributed by atoms with Gasteiger partial charge in [0.15, 0.2) is 0 Å². The summed E-state index contributed by atoms with van der Waals surface area (Å²) in [6.45, 7) is 3.97. The molecular formula is C16H20N2O3. The maximum atomic E-state index is 11.4. The van der Waals surface area contributed by atoms with E-state index in [-0.39, 0.29) is 17.8 Å². The topological polar surface area (TPSA) is 93.2 Å². The van der Waals surface area contributed by atoms with Crippen molar-refractivity contribution in [3.63, 3.8) is 0 Å². The van der Waals surface area contributed by atoms with Crippen molar-refractivity contribution in [3.8, 4) is 6.07 Å². The highest BCUT2D eigenvalue weighted by Gasteiger charge is 2.55. The summed E-state index contributed by atoms with van der Waals surface area (Å²) in [6.07, 6.45) is 1.61. The first-order valence-electron chi connectivity index (χ1n) is 6.89. The number of rotatable bonds is 4. The fourth-order valence-electron chi connectivity index (χ4n) is 1.95. The zero-order valence-corrected chi connectivity index (χ0v) is 12.3. The van der Waals surface area contributed by atoms with E-state index in [1.54, 1.807) is 38.1 Å². The highest BCUT2D eigenvalue weighted by molar-refractivity contribution is 5.92. The lowest BCUT2D eigenvalue weighted by atomic mass is 9.92. The number of carbonyl (C=O) groups is 2. The fraction of sp³-hybridized carbons (Fsp3) is 0.438. The smallest absolute Gasteiger partial charge is 0.313 e. The number of amides is 1. The van der Waals surface area contributed by atoms with Crippen molar-refractivity contribution in [1.82, 2.24) is 0 Å². The monoisotopic (exact) mass is 288 g/mol. The summed E-state index contributed by atoms with van der Waals surface area (Å²) >= 11 is 0. The van der Waals surface area contributed by atoms with Crippen LogP contribution in [0.1, 0.15) is 37.0 Å². The standard InChI is InChI=1S/C9H13NO2.C7H7NO/c1-3-12-8(11)9(4-5-9)7(2)6-10;8-7(9)6-4-2-1-3-5-6/h7H,3-5H2,1-2H3;1-5H,(H2,8,9). The summed E-state index contributed by atoms with van der Waals surface area (Å²) in [5, 5.41) is 8.67. The molecule has 21 heavy (non-hydrogen) atoms. The van der Waals surface area contributed by atoms with Crippen molar-refractivity contribution in [1.29, 1.82) is 5.26 Å². The summed E-state index contributed by atoms with van der Waals surface area (Å²) in [4.78, 5) is 21.8. The third-order valence-electron chi connectivity index (χ3n) is 3.55. The van der Waals surface area contributed by atoms with Crippen LogP contribution >= 0.6 is 0 Å². The molecule has 1 aromatic carbocycles. The number of hydrogen-bond acceptors (Lipinski definition) is 4. The Kier molecular flexibility index (Phi) is 5.92. The summed E-state index contributed by atoms with van der Waals surface area (Å²) < 4.78 is 4.90. The Morgan fingerprint density at radius 1 is 1.38 bits per heavy atom. The highest BCUT2D eigenvalue weighted by Crippen LogP contribution is 2.52. The van der Waals surface area contributed by atoms with Gasteiger partial charge in [-0.25, -0.2) is 0 Å². The Hall–Kier alpha value is -2.35. The Balaban J connectivity index is 0.000000219. The molecule has 112 valence electrons. The first kappa shape index (κ1) is 16.7. The Bertz CT molecular complexity index is 530. The zero-order valence-electron chi connectivity index (χ0n) is 12.3. The van der Waals surface area contributed by atoms with Crippen LogP contribution in [0.3, 0.4) is 0 Å². The minimum Gasteiger partial charge on any atom is -0.466 e. The predicted octanol–water partition coefficient (Wildman–Crippen LogP) is 2.27. The summed E-state index contributed by atoms with van der Waals surface area (Å²) in [5.41, 5.74) is 5.07. The SMILES string of the molecule is CCOC(=O)C1(C(C)C#N)CC1.NC(=O)c1ccccc1. The average Bonchev–Trinajstić information content (AvgIpc) is 3.30. The lowest BCUT2D eigenvalue weighted by Crippen LogP contribution is -2.25. The van der Waals surface area contributed by atoms with Gasteiger partial charge in [-0.15, -0.1) is 0 Å². The molecule has 0 bridgehead atoms. The second-order valence-corrected chi connectivity index (χ2v) is 4.96. The van der Waals surface area contributed by atoms with E-state index in [9.17, 15) is 9.59 Å². The number of nitrogens with two attached hydrogens (primary N) is 1. The molecule has 1 saturated carbocycles. The van der Waals surface area contributed by atoms with E-state index in [1.165, 1.54) is 0 Å². The van der Waals surface area contributed by atoms with Gasteiger partial charge < -0.3 is 10.5 Å². The van der Waals surface area contributed by atoms with Crippen LogP contribution in [0.2, 0.25) is 0 Å². The predicted molar refractivity (Wildman–Crippen MR) is 78.0 cm³/mol. The van der Waals surface area contributed by atoms with Gasteiger partial charge in [0, 0.05) is 5.56 Å². The van der Waals surface area contributed by atoms with E-state index in [0.29, 0.717) is 12.2 Å². The summed E-state index contributed by atoms with van der Waals surface area (Å²) in [5.74, 6) is -0.786. The summed E-state index contributed by atoms with van der Waals surface area (Å²) in [7, 11) is 0. The van der Waals surface area contributed by atoms with Gasteiger partial charge in [-0.3, -0.25) is 9.59 Å². The second kappa shape index (κ2) is 7.44. The maximum absolute atomic E-state index is 11.4. The minimum absolute atomic E-state index is 0.195. The molecule has 1 aliphatic rings. The fourth-order valence-corrected chi connectivity index (χ4v) is 1.95. The molecule has 0 radical (unpaired) electrons. The van der Waals surface area contributed by atoms with Crippen LogP contribution in [-0.2, 0) is 9.53 Å². The number of ether oxygens (including phenoxy) is 1. The van der Waals surface area contributed by atoms with E-state index in [4.69, 9.17) is 15.7 Å². The molecule has 0 aliphatic heterocycles. The molecule has 2 N–H and O–H groups in total. The molecule has 0 aromatic heterocycles. The quantitative estimate of drug-likeness (QED) is 0.860. The van der Waals surface area contributed by atoms with Gasteiger partial charge in [0.1, 0.15) is 0 Å². The van der Waals surface area contributed by atoms with Crippen molar-refractivity contribution >= 4 is 11.9 Å². The van der Waals surface area contributed by atoms with Crippen LogP contribution in [0.25, 0.3) is 0 Å². The molecule has 1 fully saturated rings. The molecule has 0 saturated heterocycles. The molecule has 5 nitrogen and oxygen atoms in total. The molecule has 1 unspecified atom stereocenters. The van der Waals surface area contributed by atoms with Crippen LogP contribution in [-0.4, -0.2) is 18.5 Å². The first-order chi connectivity index (χ1) is 9.97. The van der Waals surface area contributed by atoms with Crippen molar-refractivity contribution in [2.24, 2.45) is 17.1 Å². The zero-order chi connectivity index (χ0) is 15.9. The van der Waals surface area contributed by atoms with Crippen LogP contribution in [0, 0.1) is 22.7 Å². The normalized spacial score (nSPS) is 15.7. The number of hydrogen-bond donors (Lipinski definition) is 1. The van der Waals surface area contributed by atoms with E-state index in [0.717, 1.165) is 12.8 Å². The molecule has 1 atom stereocenters. The van der Waals surface area contributed by atoms with Gasteiger partial charge in [-0.2, -0.15) is 5.26 Å². The molecule has 0 heterocycles. The van der Waals surface area contributed by atoms with Gasteiger partial charge in [0.05, 0.1) is 24.0 Å². The minimum atomic E-state index is -0.454. The lowest BCUT2D eigenvalue weighted by Gasteiger charge is -2.14.